The fourth-order valence-electron chi connectivity index (χ4n) is 2.70. The molecule has 0 atom stereocenters. The quantitative estimate of drug-likeness (QED) is 0.319. The molecular formula is C23H25N3O3. The van der Waals surface area contributed by atoms with E-state index in [4.69, 9.17) is 9.47 Å². The monoisotopic (exact) mass is 391 g/mol. The molecule has 1 heterocycles. The van der Waals surface area contributed by atoms with Gasteiger partial charge in [0.2, 0.25) is 0 Å². The highest BCUT2D eigenvalue weighted by Gasteiger charge is 2.16. The first-order valence-corrected chi connectivity index (χ1v) is 9.63. The fraction of sp³-hybridized carbons (Fsp3) is 0.261. The largest absolute Gasteiger partial charge is 0.497 e. The van der Waals surface area contributed by atoms with Crippen molar-refractivity contribution in [1.82, 2.24) is 15.0 Å². The second-order valence-corrected chi connectivity index (χ2v) is 6.71. The van der Waals surface area contributed by atoms with Crippen LogP contribution in [0.3, 0.4) is 0 Å². The number of aryl methyl sites for hydroxylation is 1. The number of hydrogen-bond donors (Lipinski definition) is 0. The third kappa shape index (κ3) is 5.31. The van der Waals surface area contributed by atoms with Gasteiger partial charge >= 0.3 is 5.97 Å². The molecule has 3 aromatic rings. The van der Waals surface area contributed by atoms with Crippen molar-refractivity contribution in [3.63, 3.8) is 0 Å². The molecule has 0 aliphatic heterocycles. The van der Waals surface area contributed by atoms with E-state index >= 15 is 0 Å². The maximum absolute atomic E-state index is 12.7. The van der Waals surface area contributed by atoms with Crippen LogP contribution in [0.5, 0.6) is 5.75 Å². The molecule has 0 spiro atoms. The minimum Gasteiger partial charge on any atom is -0.497 e. The Morgan fingerprint density at radius 3 is 2.48 bits per heavy atom. The summed E-state index contributed by atoms with van der Waals surface area (Å²) >= 11 is 0. The van der Waals surface area contributed by atoms with Gasteiger partial charge in [0.25, 0.3) is 0 Å². The van der Waals surface area contributed by atoms with E-state index in [1.54, 1.807) is 19.4 Å². The van der Waals surface area contributed by atoms with Crippen molar-refractivity contribution in [3.8, 4) is 17.0 Å². The Morgan fingerprint density at radius 1 is 1.10 bits per heavy atom. The van der Waals surface area contributed by atoms with Crippen LogP contribution in [0.15, 0.2) is 54.7 Å². The zero-order valence-corrected chi connectivity index (χ0v) is 17.0. The standard InChI is InChI=1S/C23H25N3O3/c1-4-5-14-29-23(27)22(15-18-8-12-20(28-3)13-9-18)26-16-21(24-25-26)19-10-6-17(2)7-11-19/h6-13,15-16H,4-5,14H2,1-3H3/b22-15-. The number of carbonyl (C=O) groups excluding carboxylic acids is 1. The molecule has 150 valence electrons. The number of esters is 1. The van der Waals surface area contributed by atoms with Gasteiger partial charge in [0, 0.05) is 5.56 Å². The Kier molecular flexibility index (Phi) is 6.79. The molecule has 1 aromatic heterocycles. The molecule has 0 saturated carbocycles. The van der Waals surface area contributed by atoms with E-state index in [1.165, 1.54) is 10.2 Å². The van der Waals surface area contributed by atoms with Crippen LogP contribution in [0.1, 0.15) is 30.9 Å². The van der Waals surface area contributed by atoms with E-state index in [9.17, 15) is 4.79 Å². The van der Waals surface area contributed by atoms with Crippen LogP contribution in [-0.4, -0.2) is 34.7 Å². The van der Waals surface area contributed by atoms with Gasteiger partial charge in [-0.2, -0.15) is 0 Å². The Balaban J connectivity index is 1.92. The van der Waals surface area contributed by atoms with Gasteiger partial charge in [0.05, 0.1) is 19.9 Å². The molecule has 0 unspecified atom stereocenters. The van der Waals surface area contributed by atoms with Crippen LogP contribution in [0, 0.1) is 6.92 Å². The molecule has 0 radical (unpaired) electrons. The zero-order valence-electron chi connectivity index (χ0n) is 17.0. The van der Waals surface area contributed by atoms with Crippen LogP contribution >= 0.6 is 0 Å². The van der Waals surface area contributed by atoms with Gasteiger partial charge in [-0.3, -0.25) is 0 Å². The van der Waals surface area contributed by atoms with Crippen molar-refractivity contribution >= 4 is 17.7 Å². The van der Waals surface area contributed by atoms with Gasteiger partial charge in [0.1, 0.15) is 11.4 Å². The molecule has 0 aliphatic carbocycles. The predicted molar refractivity (Wildman–Crippen MR) is 113 cm³/mol. The maximum Gasteiger partial charge on any atom is 0.357 e. The van der Waals surface area contributed by atoms with Gasteiger partial charge in [-0.25, -0.2) is 9.48 Å². The summed E-state index contributed by atoms with van der Waals surface area (Å²) in [7, 11) is 1.61. The summed E-state index contributed by atoms with van der Waals surface area (Å²) in [5, 5.41) is 8.40. The van der Waals surface area contributed by atoms with E-state index in [1.807, 2.05) is 62.4 Å². The summed E-state index contributed by atoms with van der Waals surface area (Å²) in [6.45, 7) is 4.45. The SMILES string of the molecule is CCCCOC(=O)/C(=C/c1ccc(OC)cc1)n1cc(-c2ccc(C)cc2)nn1. The van der Waals surface area contributed by atoms with E-state index in [-0.39, 0.29) is 0 Å². The molecule has 3 rings (SSSR count). The third-order valence-electron chi connectivity index (χ3n) is 4.45. The van der Waals surface area contributed by atoms with Crippen molar-refractivity contribution in [2.45, 2.75) is 26.7 Å². The van der Waals surface area contributed by atoms with Gasteiger partial charge < -0.3 is 9.47 Å². The van der Waals surface area contributed by atoms with Crippen molar-refractivity contribution in [2.75, 3.05) is 13.7 Å². The van der Waals surface area contributed by atoms with Crippen LogP contribution in [0.4, 0.5) is 0 Å². The molecule has 0 N–H and O–H groups in total. The summed E-state index contributed by atoms with van der Waals surface area (Å²) in [5.74, 6) is 0.311. The highest BCUT2D eigenvalue weighted by molar-refractivity contribution is 6.15. The molecule has 0 amide bonds. The second-order valence-electron chi connectivity index (χ2n) is 6.71. The molecule has 2 aromatic carbocycles. The summed E-state index contributed by atoms with van der Waals surface area (Å²) in [4.78, 5) is 12.7. The van der Waals surface area contributed by atoms with E-state index in [2.05, 4.69) is 10.3 Å². The van der Waals surface area contributed by atoms with E-state index in [0.29, 0.717) is 18.0 Å². The molecule has 0 aliphatic rings. The summed E-state index contributed by atoms with van der Waals surface area (Å²) < 4.78 is 12.1. The topological polar surface area (TPSA) is 66.2 Å². The average molecular weight is 391 g/mol. The van der Waals surface area contributed by atoms with Crippen molar-refractivity contribution < 1.29 is 14.3 Å². The molecule has 6 heteroatoms. The van der Waals surface area contributed by atoms with Crippen LogP contribution in [0.25, 0.3) is 23.0 Å². The Hall–Kier alpha value is -3.41. The molecule has 29 heavy (non-hydrogen) atoms. The average Bonchev–Trinajstić information content (AvgIpc) is 3.23. The molecule has 0 saturated heterocycles. The lowest BCUT2D eigenvalue weighted by Gasteiger charge is -2.08. The minimum absolute atomic E-state index is 0.303. The first kappa shape index (κ1) is 20.3. The number of ether oxygens (including phenoxy) is 2. The third-order valence-corrected chi connectivity index (χ3v) is 4.45. The summed E-state index contributed by atoms with van der Waals surface area (Å²) in [5.41, 5.74) is 3.93. The van der Waals surface area contributed by atoms with Gasteiger partial charge in [-0.1, -0.05) is 60.5 Å². The number of aromatic nitrogens is 3. The smallest absolute Gasteiger partial charge is 0.357 e. The van der Waals surface area contributed by atoms with Crippen molar-refractivity contribution in [3.05, 3.63) is 65.9 Å². The fourth-order valence-corrected chi connectivity index (χ4v) is 2.70. The van der Waals surface area contributed by atoms with Gasteiger partial charge in [-0.15, -0.1) is 5.10 Å². The summed E-state index contributed by atoms with van der Waals surface area (Å²) in [6.07, 6.45) is 5.24. The maximum atomic E-state index is 12.7. The van der Waals surface area contributed by atoms with E-state index in [0.717, 1.165) is 29.7 Å². The Labute approximate surface area is 170 Å². The second kappa shape index (κ2) is 9.68. The first-order chi connectivity index (χ1) is 14.1. The number of benzene rings is 2. The first-order valence-electron chi connectivity index (χ1n) is 9.63. The molecule has 0 fully saturated rings. The van der Waals surface area contributed by atoms with Gasteiger partial charge in [-0.05, 0) is 37.1 Å². The Morgan fingerprint density at radius 2 is 1.83 bits per heavy atom. The zero-order chi connectivity index (χ0) is 20.6. The number of unbranched alkanes of at least 4 members (excludes halogenated alkanes) is 1. The Bertz CT molecular complexity index is 973. The van der Waals surface area contributed by atoms with Crippen molar-refractivity contribution in [1.29, 1.82) is 0 Å². The van der Waals surface area contributed by atoms with Gasteiger partial charge in [0.15, 0.2) is 5.70 Å². The summed E-state index contributed by atoms with van der Waals surface area (Å²) in [6, 6.07) is 15.4. The number of hydrogen-bond acceptors (Lipinski definition) is 5. The number of nitrogens with zero attached hydrogens (tertiary/aromatic N) is 3. The number of carbonyl (C=O) groups is 1. The normalized spacial score (nSPS) is 11.3. The lowest BCUT2D eigenvalue weighted by Crippen LogP contribution is -2.14. The molecular weight excluding hydrogens is 366 g/mol. The van der Waals surface area contributed by atoms with Crippen LogP contribution in [0.2, 0.25) is 0 Å². The van der Waals surface area contributed by atoms with Crippen LogP contribution in [-0.2, 0) is 9.53 Å². The minimum atomic E-state index is -0.436. The van der Waals surface area contributed by atoms with E-state index < -0.39 is 5.97 Å². The number of methoxy groups -OCH3 is 1. The lowest BCUT2D eigenvalue weighted by molar-refractivity contribution is -0.137. The molecule has 0 bridgehead atoms. The predicted octanol–water partition coefficient (Wildman–Crippen LogP) is 4.60. The lowest BCUT2D eigenvalue weighted by atomic mass is 10.1. The van der Waals surface area contributed by atoms with Crippen LogP contribution < -0.4 is 4.74 Å². The highest BCUT2D eigenvalue weighted by Crippen LogP contribution is 2.21. The van der Waals surface area contributed by atoms with Crippen molar-refractivity contribution in [2.24, 2.45) is 0 Å². The molecule has 6 nitrogen and oxygen atoms in total. The number of rotatable bonds is 8. The highest BCUT2D eigenvalue weighted by atomic mass is 16.5.